The summed E-state index contributed by atoms with van der Waals surface area (Å²) < 4.78 is 6.76. The van der Waals surface area contributed by atoms with Gasteiger partial charge in [0.25, 0.3) is 0 Å². The molecule has 0 N–H and O–H groups in total. The molecule has 0 fully saturated rings. The van der Waals surface area contributed by atoms with Crippen LogP contribution in [-0.2, 0) is 5.41 Å². The molecule has 50 heavy (non-hydrogen) atoms. The number of nitrogens with zero attached hydrogens (tertiary/aromatic N) is 1. The lowest BCUT2D eigenvalue weighted by Crippen LogP contribution is -2.22. The Morgan fingerprint density at radius 2 is 0.960 bits per heavy atom. The molecule has 0 saturated carbocycles. The van der Waals surface area contributed by atoms with Gasteiger partial charge in [0, 0.05) is 39.3 Å². The predicted octanol–water partition coefficient (Wildman–Crippen LogP) is 13.2. The molecule has 0 atom stereocenters. The Morgan fingerprint density at radius 3 is 1.70 bits per heavy atom. The Labute approximate surface area is 291 Å². The van der Waals surface area contributed by atoms with Crippen LogP contribution in [0, 0.1) is 0 Å². The first-order valence-corrected chi connectivity index (χ1v) is 17.3. The van der Waals surface area contributed by atoms with Gasteiger partial charge in [-0.05, 0) is 99.1 Å². The molecule has 8 aromatic carbocycles. The Hall–Kier alpha value is -6.38. The van der Waals surface area contributed by atoms with Gasteiger partial charge < -0.3 is 9.32 Å². The molecule has 1 aromatic heterocycles. The highest BCUT2D eigenvalue weighted by Crippen LogP contribution is 2.52. The van der Waals surface area contributed by atoms with Gasteiger partial charge in [-0.3, -0.25) is 0 Å². The molecule has 2 nitrogen and oxygen atoms in total. The molecule has 9 aromatic rings. The van der Waals surface area contributed by atoms with E-state index in [1.165, 1.54) is 49.7 Å². The SMILES string of the molecule is CC1(c2ccc3c(c2)oc2cc(N(c4ccc(-c5ccccc5)cc4)c4ccc5ccccc5c4)ccc23)c2ccccc2-c2ccccc21. The highest BCUT2D eigenvalue weighted by molar-refractivity contribution is 6.06. The molecule has 0 radical (unpaired) electrons. The molecule has 0 saturated heterocycles. The minimum absolute atomic E-state index is 0.274. The smallest absolute Gasteiger partial charge is 0.137 e. The lowest BCUT2D eigenvalue weighted by atomic mass is 9.74. The maximum absolute atomic E-state index is 6.76. The quantitative estimate of drug-likeness (QED) is 0.186. The van der Waals surface area contributed by atoms with Crippen molar-refractivity contribution < 1.29 is 4.42 Å². The van der Waals surface area contributed by atoms with Gasteiger partial charge in [-0.2, -0.15) is 0 Å². The second-order valence-electron chi connectivity index (χ2n) is 13.5. The minimum Gasteiger partial charge on any atom is -0.456 e. The van der Waals surface area contributed by atoms with Crippen molar-refractivity contribution in [3.8, 4) is 22.3 Å². The largest absolute Gasteiger partial charge is 0.456 e. The van der Waals surface area contributed by atoms with Crippen LogP contribution >= 0.6 is 0 Å². The highest BCUT2D eigenvalue weighted by Gasteiger charge is 2.40. The topological polar surface area (TPSA) is 16.4 Å². The molecule has 0 amide bonds. The maximum Gasteiger partial charge on any atom is 0.137 e. The van der Waals surface area contributed by atoms with Crippen molar-refractivity contribution in [3.63, 3.8) is 0 Å². The Bertz CT molecular complexity index is 2670. The van der Waals surface area contributed by atoms with E-state index in [4.69, 9.17) is 4.42 Å². The van der Waals surface area contributed by atoms with Gasteiger partial charge in [0.1, 0.15) is 11.2 Å². The summed E-state index contributed by atoms with van der Waals surface area (Å²) in [4.78, 5) is 2.33. The summed E-state index contributed by atoms with van der Waals surface area (Å²) in [5.41, 5.74) is 13.7. The number of furan rings is 1. The molecule has 2 heteroatoms. The van der Waals surface area contributed by atoms with E-state index in [9.17, 15) is 0 Å². The van der Waals surface area contributed by atoms with Crippen LogP contribution in [0.3, 0.4) is 0 Å². The van der Waals surface area contributed by atoms with Crippen molar-refractivity contribution in [2.24, 2.45) is 0 Å². The monoisotopic (exact) mass is 639 g/mol. The van der Waals surface area contributed by atoms with Crippen molar-refractivity contribution in [3.05, 3.63) is 199 Å². The second kappa shape index (κ2) is 11.1. The third-order valence-corrected chi connectivity index (χ3v) is 10.7. The van der Waals surface area contributed by atoms with Crippen LogP contribution in [0.15, 0.2) is 186 Å². The fraction of sp³-hybridized carbons (Fsp3) is 0.0417. The minimum atomic E-state index is -0.274. The first kappa shape index (κ1) is 28.6. The molecule has 1 aliphatic carbocycles. The zero-order valence-electron chi connectivity index (χ0n) is 27.7. The van der Waals surface area contributed by atoms with E-state index < -0.39 is 0 Å². The van der Waals surface area contributed by atoms with E-state index in [-0.39, 0.29) is 5.41 Å². The van der Waals surface area contributed by atoms with Crippen LogP contribution < -0.4 is 4.90 Å². The Kier molecular flexibility index (Phi) is 6.34. The Morgan fingerprint density at radius 1 is 0.420 bits per heavy atom. The number of hydrogen-bond donors (Lipinski definition) is 0. The van der Waals surface area contributed by atoms with E-state index in [1.807, 2.05) is 0 Å². The fourth-order valence-electron chi connectivity index (χ4n) is 8.18. The average molecular weight is 640 g/mol. The standard InChI is InChI=1S/C48H33NO/c1-48(44-17-9-7-15-40(44)41-16-8-10-18-45(41)48)36-22-27-42-43-28-26-39(31-47(43)50-46(42)30-36)49(38-25-21-33-13-5-6-14-35(33)29-38)37-23-19-34(20-24-37)32-11-3-2-4-12-32/h2-31H,1H3. The molecular weight excluding hydrogens is 607 g/mol. The summed E-state index contributed by atoms with van der Waals surface area (Å²) in [5.74, 6) is 0. The molecule has 1 aliphatic rings. The van der Waals surface area contributed by atoms with Gasteiger partial charge in [0.2, 0.25) is 0 Å². The van der Waals surface area contributed by atoms with Crippen LogP contribution in [0.5, 0.6) is 0 Å². The molecule has 0 spiro atoms. The van der Waals surface area contributed by atoms with Crippen LogP contribution in [0.4, 0.5) is 17.1 Å². The van der Waals surface area contributed by atoms with Crippen molar-refractivity contribution in [1.29, 1.82) is 0 Å². The zero-order chi connectivity index (χ0) is 33.2. The summed E-state index contributed by atoms with van der Waals surface area (Å²) in [6.45, 7) is 2.35. The third-order valence-electron chi connectivity index (χ3n) is 10.7. The number of fused-ring (bicyclic) bond motifs is 7. The summed E-state index contributed by atoms with van der Waals surface area (Å²) >= 11 is 0. The number of hydrogen-bond acceptors (Lipinski definition) is 2. The summed E-state index contributed by atoms with van der Waals surface area (Å²) in [7, 11) is 0. The molecule has 10 rings (SSSR count). The number of anilines is 3. The molecule has 0 bridgehead atoms. The first-order valence-electron chi connectivity index (χ1n) is 17.3. The van der Waals surface area contributed by atoms with Crippen LogP contribution in [-0.4, -0.2) is 0 Å². The van der Waals surface area contributed by atoms with Crippen LogP contribution in [0.25, 0.3) is 55.0 Å². The van der Waals surface area contributed by atoms with E-state index in [1.54, 1.807) is 0 Å². The average Bonchev–Trinajstić information content (AvgIpc) is 3.68. The fourth-order valence-corrected chi connectivity index (χ4v) is 8.18. The third kappa shape index (κ3) is 4.35. The lowest BCUT2D eigenvalue weighted by molar-refractivity contribution is 0.662. The van der Waals surface area contributed by atoms with Gasteiger partial charge in [-0.1, -0.05) is 133 Å². The van der Waals surface area contributed by atoms with Crippen molar-refractivity contribution in [1.82, 2.24) is 0 Å². The highest BCUT2D eigenvalue weighted by atomic mass is 16.3. The van der Waals surface area contributed by atoms with Crippen molar-refractivity contribution in [2.75, 3.05) is 4.90 Å². The van der Waals surface area contributed by atoms with E-state index in [2.05, 4.69) is 194 Å². The van der Waals surface area contributed by atoms with Crippen molar-refractivity contribution >= 4 is 49.8 Å². The summed E-state index contributed by atoms with van der Waals surface area (Å²) in [6, 6.07) is 65.6. The van der Waals surface area contributed by atoms with Gasteiger partial charge in [-0.15, -0.1) is 0 Å². The Balaban J connectivity index is 1.10. The van der Waals surface area contributed by atoms with E-state index in [0.29, 0.717) is 0 Å². The molecule has 0 aliphatic heterocycles. The molecule has 0 unspecified atom stereocenters. The zero-order valence-corrected chi connectivity index (χ0v) is 27.7. The van der Waals surface area contributed by atoms with Gasteiger partial charge in [0.05, 0.1) is 0 Å². The number of rotatable bonds is 5. The van der Waals surface area contributed by atoms with Crippen LogP contribution in [0.2, 0.25) is 0 Å². The molecular formula is C48H33NO. The second-order valence-corrected chi connectivity index (χ2v) is 13.5. The summed E-state index contributed by atoms with van der Waals surface area (Å²) in [6.07, 6.45) is 0. The maximum atomic E-state index is 6.76. The van der Waals surface area contributed by atoms with Gasteiger partial charge >= 0.3 is 0 Å². The lowest BCUT2D eigenvalue weighted by Gasteiger charge is -2.28. The summed E-state index contributed by atoms with van der Waals surface area (Å²) in [5, 5.41) is 4.67. The molecule has 1 heterocycles. The molecule has 236 valence electrons. The predicted molar refractivity (Wildman–Crippen MR) is 209 cm³/mol. The van der Waals surface area contributed by atoms with Crippen molar-refractivity contribution in [2.45, 2.75) is 12.3 Å². The van der Waals surface area contributed by atoms with E-state index >= 15 is 0 Å². The van der Waals surface area contributed by atoms with Gasteiger partial charge in [-0.25, -0.2) is 0 Å². The number of benzene rings is 8. The van der Waals surface area contributed by atoms with E-state index in [0.717, 1.165) is 39.0 Å². The van der Waals surface area contributed by atoms with Gasteiger partial charge in [0.15, 0.2) is 0 Å². The van der Waals surface area contributed by atoms with Crippen LogP contribution in [0.1, 0.15) is 23.6 Å². The first-order chi connectivity index (χ1) is 24.6. The normalized spacial score (nSPS) is 13.1.